The van der Waals surface area contributed by atoms with Crippen LogP contribution in [0.1, 0.15) is 373 Å². The number of benzene rings is 1. The topological polar surface area (TPSA) is 43.4 Å². The van der Waals surface area contributed by atoms with Crippen LogP contribution in [0.3, 0.4) is 0 Å². The standard InChI is InChI=1S/C68H133O3PS/c1-8-15-21-24-27-30-33-36-39-42-45-48-51-54-57-65-60-61-68(73(69,70)71-72(14-7,62-18-11-4,63-19-12-5)64-20-13-6)67(59-56-53-50-47-44-41-38-35-32-29-26-23-17-10-3)66(65)58-55-52-49-46-43-40-37-34-31-28-25-22-16-9-2/h60-61H,8-59,62-64H2,1-7H3. The molecule has 0 N–H and O–H groups in total. The van der Waals surface area contributed by atoms with Gasteiger partial charge in [0, 0.05) is 0 Å². The maximum atomic E-state index is 15.4. The average Bonchev–Trinajstić information content (AvgIpc) is 3.39. The van der Waals surface area contributed by atoms with Crippen molar-refractivity contribution in [1.29, 1.82) is 0 Å². The maximum absolute atomic E-state index is 15.4. The minimum absolute atomic E-state index is 0.555. The molecule has 0 radical (unpaired) electrons. The molecule has 0 atom stereocenters. The van der Waals surface area contributed by atoms with Crippen LogP contribution in [0.2, 0.25) is 0 Å². The smallest absolute Gasteiger partial charge is 0.0654 e. The molecule has 0 fully saturated rings. The molecular formula is C68H133O3PS. The van der Waals surface area contributed by atoms with Crippen LogP contribution in [0, 0.1) is 0 Å². The summed E-state index contributed by atoms with van der Waals surface area (Å²) in [5, 5.41) is 0. The fourth-order valence-electron chi connectivity index (χ4n) is 12.2. The van der Waals surface area contributed by atoms with E-state index in [1.54, 1.807) is 0 Å². The van der Waals surface area contributed by atoms with Crippen molar-refractivity contribution >= 4 is 16.9 Å². The first-order valence-electron chi connectivity index (χ1n) is 33.8. The second-order valence-corrected chi connectivity index (χ2v) is 31.8. The van der Waals surface area contributed by atoms with Crippen LogP contribution >= 0.6 is 6.83 Å². The molecule has 434 valence electrons. The van der Waals surface area contributed by atoms with Crippen molar-refractivity contribution in [1.82, 2.24) is 0 Å². The second-order valence-electron chi connectivity index (χ2n) is 24.2. The van der Waals surface area contributed by atoms with Crippen LogP contribution < -0.4 is 0 Å². The van der Waals surface area contributed by atoms with E-state index in [0.717, 1.165) is 101 Å². The molecule has 0 saturated carbocycles. The van der Waals surface area contributed by atoms with E-state index >= 15 is 8.42 Å². The van der Waals surface area contributed by atoms with Gasteiger partial charge in [-0.25, -0.2) is 0 Å². The summed E-state index contributed by atoms with van der Waals surface area (Å²) in [5.41, 5.74) is 4.01. The van der Waals surface area contributed by atoms with Crippen LogP contribution in [0.15, 0.2) is 17.0 Å². The zero-order valence-electron chi connectivity index (χ0n) is 51.1. The van der Waals surface area contributed by atoms with Crippen LogP contribution in [-0.4, -0.2) is 33.1 Å². The molecule has 1 aromatic carbocycles. The molecule has 0 heterocycles. The van der Waals surface area contributed by atoms with Crippen molar-refractivity contribution in [2.75, 3.05) is 24.6 Å². The van der Waals surface area contributed by atoms with Crippen molar-refractivity contribution in [2.45, 2.75) is 381 Å². The molecule has 0 spiro atoms. The van der Waals surface area contributed by atoms with Crippen molar-refractivity contribution in [3.05, 3.63) is 28.8 Å². The normalized spacial score (nSPS) is 12.8. The van der Waals surface area contributed by atoms with Crippen molar-refractivity contribution in [3.8, 4) is 0 Å². The molecule has 0 unspecified atom stereocenters. The van der Waals surface area contributed by atoms with Crippen molar-refractivity contribution in [3.63, 3.8) is 0 Å². The minimum Gasteiger partial charge on any atom is -0.0654 e. The Morgan fingerprint density at radius 1 is 0.301 bits per heavy atom. The van der Waals surface area contributed by atoms with E-state index in [2.05, 4.69) is 60.6 Å². The molecule has 0 bridgehead atoms. The van der Waals surface area contributed by atoms with Crippen LogP contribution in [0.5, 0.6) is 0 Å². The first kappa shape index (κ1) is 70.6. The van der Waals surface area contributed by atoms with E-state index < -0.39 is 16.9 Å². The monoisotopic (exact) mass is 1060 g/mol. The summed E-state index contributed by atoms with van der Waals surface area (Å²) < 4.78 is 38.1. The van der Waals surface area contributed by atoms with Gasteiger partial charge in [-0.15, -0.1) is 0 Å². The van der Waals surface area contributed by atoms with Gasteiger partial charge in [-0.05, 0) is 0 Å². The fourth-order valence-corrected chi connectivity index (χ4v) is 21.8. The number of unbranched alkanes of at least 4 members (excludes halogenated alkanes) is 42. The van der Waals surface area contributed by atoms with Gasteiger partial charge in [0.1, 0.15) is 0 Å². The molecule has 1 aromatic rings. The SMILES string of the molecule is CCCCCCCCCCCCCCCCc1ccc(S(=O)(=O)OP(CC)(CCCC)(CCCC)CCCC)c(CCCCCCCCCCCCCCCC)c1CCCCCCCCCCCCCCCC. The Morgan fingerprint density at radius 3 is 0.822 bits per heavy atom. The number of aryl methyl sites for hydroxylation is 1. The molecule has 0 saturated heterocycles. The predicted molar refractivity (Wildman–Crippen MR) is 334 cm³/mol. The Morgan fingerprint density at radius 2 is 0.548 bits per heavy atom. The van der Waals surface area contributed by atoms with Gasteiger partial charge in [0.15, 0.2) is 0 Å². The minimum atomic E-state index is -3.97. The van der Waals surface area contributed by atoms with Crippen LogP contribution in [0.25, 0.3) is 0 Å². The summed E-state index contributed by atoms with van der Waals surface area (Å²) in [7, 11) is -3.97. The Kier molecular flexibility index (Phi) is 47.1. The van der Waals surface area contributed by atoms with Gasteiger partial charge in [0.2, 0.25) is 0 Å². The zero-order chi connectivity index (χ0) is 53.3. The van der Waals surface area contributed by atoms with E-state index in [1.165, 1.54) is 268 Å². The molecule has 0 aromatic heterocycles. The Balaban J connectivity index is 3.30. The van der Waals surface area contributed by atoms with Gasteiger partial charge in [-0.1, -0.05) is 175 Å². The van der Waals surface area contributed by atoms with Crippen molar-refractivity contribution in [2.24, 2.45) is 0 Å². The molecule has 73 heavy (non-hydrogen) atoms. The predicted octanol–water partition coefficient (Wildman–Crippen LogP) is 24.4. The molecule has 0 aliphatic rings. The quantitative estimate of drug-likeness (QED) is 0.0482. The molecule has 0 aliphatic heterocycles. The van der Waals surface area contributed by atoms with Crippen molar-refractivity contribution < 1.29 is 12.4 Å². The Labute approximate surface area is 461 Å². The number of hydrogen-bond acceptors (Lipinski definition) is 3. The number of hydrogen-bond donors (Lipinski definition) is 0. The summed E-state index contributed by atoms with van der Waals surface area (Å²) in [5.74, 6) is 0. The van der Waals surface area contributed by atoms with Gasteiger partial charge in [-0.3, -0.25) is 0 Å². The summed E-state index contributed by atoms with van der Waals surface area (Å²) in [4.78, 5) is 0.555. The molecular weight excluding hydrogens is 928 g/mol. The molecule has 1 rings (SSSR count). The average molecular weight is 1060 g/mol. The Bertz CT molecular complexity index is 1430. The molecule has 3 nitrogen and oxygen atoms in total. The summed E-state index contributed by atoms with van der Waals surface area (Å²) >= 11 is 0. The summed E-state index contributed by atoms with van der Waals surface area (Å²) in [6, 6.07) is 4.33. The third kappa shape index (κ3) is 34.9. The van der Waals surface area contributed by atoms with Gasteiger partial charge >= 0.3 is 289 Å². The van der Waals surface area contributed by atoms with E-state index in [1.807, 2.05) is 0 Å². The van der Waals surface area contributed by atoms with Gasteiger partial charge in [-0.2, -0.15) is 0 Å². The van der Waals surface area contributed by atoms with Gasteiger partial charge in [0.05, 0.1) is 0 Å². The van der Waals surface area contributed by atoms with E-state index in [4.69, 9.17) is 3.97 Å². The van der Waals surface area contributed by atoms with Gasteiger partial charge in [0.25, 0.3) is 0 Å². The van der Waals surface area contributed by atoms with Crippen LogP contribution in [0.4, 0.5) is 0 Å². The summed E-state index contributed by atoms with van der Waals surface area (Å²) in [6.45, 7) is 13.0. The molecule has 0 amide bonds. The zero-order valence-corrected chi connectivity index (χ0v) is 52.8. The molecule has 0 aliphatic carbocycles. The second kappa shape index (κ2) is 48.7. The van der Waals surface area contributed by atoms with E-state index in [-0.39, 0.29) is 0 Å². The van der Waals surface area contributed by atoms with E-state index in [0.29, 0.717) is 4.90 Å². The first-order valence-corrected chi connectivity index (χ1v) is 38.1. The van der Waals surface area contributed by atoms with Crippen LogP contribution in [-0.2, 0) is 33.4 Å². The first-order chi connectivity index (χ1) is 35.7. The van der Waals surface area contributed by atoms with E-state index in [9.17, 15) is 0 Å². The Hall–Kier alpha value is -0.440. The summed E-state index contributed by atoms with van der Waals surface area (Å²) in [6.07, 6.45) is 70.2. The van der Waals surface area contributed by atoms with Gasteiger partial charge < -0.3 is 0 Å². The molecule has 5 heteroatoms. The number of rotatable bonds is 58. The third-order valence-electron chi connectivity index (χ3n) is 17.5. The third-order valence-corrected chi connectivity index (χ3v) is 26.8. The fraction of sp³-hybridized carbons (Fsp3) is 0.912.